The topological polar surface area (TPSA) is 81.1 Å². The van der Waals surface area contributed by atoms with Gasteiger partial charge in [0.2, 0.25) is 5.91 Å². The molecule has 0 aromatic carbocycles. The number of nitrogens with one attached hydrogen (secondary N) is 1. The van der Waals surface area contributed by atoms with Gasteiger partial charge >= 0.3 is 0 Å². The zero-order valence-corrected chi connectivity index (χ0v) is 19.4. The minimum absolute atomic E-state index is 0.0288. The first-order chi connectivity index (χ1) is 14.4. The SMILES string of the molecule is CC(=O)NCc1ccc(C(=O)CSc2nc3scc(-c4cccs4)c3c(=O)n2C)s1. The summed E-state index contributed by atoms with van der Waals surface area (Å²) in [6, 6.07) is 7.57. The number of thioether (sulfide) groups is 1. The Morgan fingerprint density at radius 1 is 1.23 bits per heavy atom. The Labute approximate surface area is 188 Å². The van der Waals surface area contributed by atoms with Crippen LogP contribution in [0.1, 0.15) is 21.5 Å². The van der Waals surface area contributed by atoms with Crippen molar-refractivity contribution in [2.45, 2.75) is 18.6 Å². The number of carbonyl (C=O) groups excluding carboxylic acids is 2. The molecular weight excluding hydrogens is 459 g/mol. The number of amides is 1. The molecule has 0 spiro atoms. The van der Waals surface area contributed by atoms with E-state index in [1.807, 2.05) is 29.0 Å². The van der Waals surface area contributed by atoms with E-state index in [4.69, 9.17) is 0 Å². The number of rotatable bonds is 7. The largest absolute Gasteiger partial charge is 0.351 e. The van der Waals surface area contributed by atoms with Gasteiger partial charge in [0.25, 0.3) is 5.56 Å². The van der Waals surface area contributed by atoms with Crippen LogP contribution < -0.4 is 10.9 Å². The van der Waals surface area contributed by atoms with Crippen molar-refractivity contribution in [1.82, 2.24) is 14.9 Å². The smallest absolute Gasteiger partial charge is 0.263 e. The van der Waals surface area contributed by atoms with Crippen LogP contribution in [0.3, 0.4) is 0 Å². The molecule has 0 bridgehead atoms. The lowest BCUT2D eigenvalue weighted by Gasteiger charge is -2.07. The summed E-state index contributed by atoms with van der Waals surface area (Å²) in [4.78, 5) is 44.5. The number of hydrogen-bond acceptors (Lipinski definition) is 8. The Morgan fingerprint density at radius 2 is 2.07 bits per heavy atom. The first-order valence-corrected chi connectivity index (χ1v) is 12.5. The zero-order valence-electron chi connectivity index (χ0n) is 16.1. The third kappa shape index (κ3) is 4.27. The number of carbonyl (C=O) groups is 2. The maximum Gasteiger partial charge on any atom is 0.263 e. The van der Waals surface area contributed by atoms with Crippen molar-refractivity contribution < 1.29 is 9.59 Å². The van der Waals surface area contributed by atoms with E-state index in [-0.39, 0.29) is 23.0 Å². The molecule has 0 fully saturated rings. The second-order valence-electron chi connectivity index (χ2n) is 6.45. The Bertz CT molecular complexity index is 1280. The molecule has 10 heteroatoms. The molecule has 4 heterocycles. The van der Waals surface area contributed by atoms with Gasteiger partial charge in [0, 0.05) is 34.7 Å². The van der Waals surface area contributed by atoms with Crippen LogP contribution in [-0.4, -0.2) is 27.0 Å². The zero-order chi connectivity index (χ0) is 21.3. The number of Topliss-reactive ketones (excluding diaryl/α,β-unsaturated/α-hetero) is 1. The molecule has 0 radical (unpaired) electrons. The molecule has 0 aliphatic carbocycles. The number of aromatic nitrogens is 2. The van der Waals surface area contributed by atoms with Crippen molar-refractivity contribution in [2.24, 2.45) is 7.05 Å². The summed E-state index contributed by atoms with van der Waals surface area (Å²) in [7, 11) is 1.69. The molecule has 4 rings (SSSR count). The van der Waals surface area contributed by atoms with E-state index in [0.29, 0.717) is 26.8 Å². The minimum Gasteiger partial charge on any atom is -0.351 e. The fourth-order valence-electron chi connectivity index (χ4n) is 2.83. The molecule has 0 saturated carbocycles. The second-order valence-corrected chi connectivity index (χ2v) is 10.4. The predicted octanol–water partition coefficient (Wildman–Crippen LogP) is 4.40. The normalized spacial score (nSPS) is 11.1. The van der Waals surface area contributed by atoms with Crippen molar-refractivity contribution in [3.63, 3.8) is 0 Å². The lowest BCUT2D eigenvalue weighted by molar-refractivity contribution is -0.119. The van der Waals surface area contributed by atoms with Crippen LogP contribution in [0.5, 0.6) is 0 Å². The molecule has 0 aliphatic rings. The molecule has 4 aromatic rings. The molecule has 0 saturated heterocycles. The van der Waals surface area contributed by atoms with Gasteiger partial charge in [-0.1, -0.05) is 17.8 Å². The number of ketones is 1. The summed E-state index contributed by atoms with van der Waals surface area (Å²) < 4.78 is 1.51. The van der Waals surface area contributed by atoms with E-state index in [0.717, 1.165) is 15.3 Å². The Kier molecular flexibility index (Phi) is 6.19. The van der Waals surface area contributed by atoms with Crippen LogP contribution in [0.15, 0.2) is 45.0 Å². The highest BCUT2D eigenvalue weighted by Crippen LogP contribution is 2.34. The number of thiophene rings is 3. The number of nitrogens with zero attached hydrogens (tertiary/aromatic N) is 2. The average Bonchev–Trinajstić information content (AvgIpc) is 3.47. The number of fused-ring (bicyclic) bond motifs is 1. The molecule has 6 nitrogen and oxygen atoms in total. The Morgan fingerprint density at radius 3 is 2.80 bits per heavy atom. The van der Waals surface area contributed by atoms with E-state index in [1.165, 1.54) is 45.9 Å². The van der Waals surface area contributed by atoms with Gasteiger partial charge in [-0.05, 0) is 23.6 Å². The fourth-order valence-corrected chi connectivity index (χ4v) is 6.47. The van der Waals surface area contributed by atoms with Crippen molar-refractivity contribution in [3.05, 3.63) is 55.1 Å². The van der Waals surface area contributed by atoms with Crippen LogP contribution >= 0.6 is 45.8 Å². The molecule has 1 N–H and O–H groups in total. The summed E-state index contributed by atoms with van der Waals surface area (Å²) in [6.07, 6.45) is 0. The van der Waals surface area contributed by atoms with Crippen molar-refractivity contribution >= 4 is 67.7 Å². The highest BCUT2D eigenvalue weighted by Gasteiger charge is 2.18. The van der Waals surface area contributed by atoms with Gasteiger partial charge in [0.1, 0.15) is 4.83 Å². The summed E-state index contributed by atoms with van der Waals surface area (Å²) in [5.74, 6) is 0.0542. The molecule has 0 aliphatic heterocycles. The lowest BCUT2D eigenvalue weighted by atomic mass is 10.2. The van der Waals surface area contributed by atoms with Gasteiger partial charge in [-0.25, -0.2) is 4.98 Å². The maximum atomic E-state index is 13.0. The van der Waals surface area contributed by atoms with E-state index in [9.17, 15) is 14.4 Å². The Balaban J connectivity index is 1.52. The van der Waals surface area contributed by atoms with Crippen molar-refractivity contribution in [2.75, 3.05) is 5.75 Å². The standard InChI is InChI=1S/C20H17N3O3S4/c1-11(24)21-8-12-5-6-16(30-12)14(25)10-29-20-22-18-17(19(26)23(20)2)13(9-28-18)15-4-3-7-27-15/h3-7,9H,8,10H2,1-2H3,(H,21,24). The fraction of sp³-hybridized carbons (Fsp3) is 0.200. The predicted molar refractivity (Wildman–Crippen MR) is 125 cm³/mol. The first kappa shape index (κ1) is 21.0. The molecular formula is C20H17N3O3S4. The summed E-state index contributed by atoms with van der Waals surface area (Å²) in [5.41, 5.74) is 0.810. The minimum atomic E-state index is -0.106. The summed E-state index contributed by atoms with van der Waals surface area (Å²) >= 11 is 5.66. The second kappa shape index (κ2) is 8.84. The quantitative estimate of drug-likeness (QED) is 0.243. The highest BCUT2D eigenvalue weighted by atomic mass is 32.2. The van der Waals surface area contributed by atoms with E-state index in [1.54, 1.807) is 24.5 Å². The first-order valence-electron chi connectivity index (χ1n) is 8.95. The third-order valence-electron chi connectivity index (χ3n) is 4.34. The van der Waals surface area contributed by atoms with E-state index in [2.05, 4.69) is 10.3 Å². The van der Waals surface area contributed by atoms with E-state index >= 15 is 0 Å². The average molecular weight is 476 g/mol. The van der Waals surface area contributed by atoms with Crippen molar-refractivity contribution in [3.8, 4) is 10.4 Å². The molecule has 0 atom stereocenters. The Hall–Kier alpha value is -2.27. The van der Waals surface area contributed by atoms with Gasteiger partial charge in [0.05, 0.1) is 22.6 Å². The summed E-state index contributed by atoms with van der Waals surface area (Å²) in [5, 5.41) is 7.82. The molecule has 0 unspecified atom stereocenters. The van der Waals surface area contributed by atoms with Crippen molar-refractivity contribution in [1.29, 1.82) is 0 Å². The van der Waals surface area contributed by atoms with Gasteiger partial charge in [-0.15, -0.1) is 34.0 Å². The molecule has 154 valence electrons. The van der Waals surface area contributed by atoms with Gasteiger partial charge in [-0.3, -0.25) is 19.0 Å². The van der Waals surface area contributed by atoms with Crippen LogP contribution in [-0.2, 0) is 18.4 Å². The van der Waals surface area contributed by atoms with Crippen LogP contribution in [0.4, 0.5) is 0 Å². The maximum absolute atomic E-state index is 13.0. The molecule has 4 aromatic heterocycles. The third-order valence-corrected chi connectivity index (χ3v) is 8.27. The molecule has 1 amide bonds. The van der Waals surface area contributed by atoms with E-state index < -0.39 is 0 Å². The van der Waals surface area contributed by atoms with Crippen LogP contribution in [0.2, 0.25) is 0 Å². The monoisotopic (exact) mass is 475 g/mol. The summed E-state index contributed by atoms with van der Waals surface area (Å²) in [6.45, 7) is 1.87. The highest BCUT2D eigenvalue weighted by molar-refractivity contribution is 7.99. The molecule has 30 heavy (non-hydrogen) atoms. The lowest BCUT2D eigenvalue weighted by Crippen LogP contribution is -2.20. The van der Waals surface area contributed by atoms with Crippen LogP contribution in [0.25, 0.3) is 20.7 Å². The van der Waals surface area contributed by atoms with Gasteiger partial charge in [-0.2, -0.15) is 0 Å². The van der Waals surface area contributed by atoms with Gasteiger partial charge < -0.3 is 5.32 Å². The number of hydrogen-bond donors (Lipinski definition) is 1. The van der Waals surface area contributed by atoms with Gasteiger partial charge in [0.15, 0.2) is 10.9 Å². The van der Waals surface area contributed by atoms with Crippen LogP contribution in [0, 0.1) is 0 Å².